The summed E-state index contributed by atoms with van der Waals surface area (Å²) in [5, 5.41) is 3.93. The average Bonchev–Trinajstić information content (AvgIpc) is 2.85. The van der Waals surface area contributed by atoms with Crippen LogP contribution in [0.25, 0.3) is 0 Å². The van der Waals surface area contributed by atoms with Crippen LogP contribution in [0.2, 0.25) is 5.02 Å². The molecule has 0 saturated carbocycles. The number of amides is 1. The molecule has 1 amide bonds. The molecule has 1 spiro atoms. The lowest BCUT2D eigenvalue weighted by atomic mass is 9.78. The van der Waals surface area contributed by atoms with Crippen molar-refractivity contribution in [3.05, 3.63) is 33.3 Å². The van der Waals surface area contributed by atoms with Crippen molar-refractivity contribution in [2.24, 2.45) is 5.41 Å². The molecule has 5 heteroatoms. The number of likely N-dealkylation sites (tertiary alicyclic amines) is 1. The normalized spacial score (nSPS) is 21.4. The fourth-order valence-corrected chi connectivity index (χ4v) is 3.86. The van der Waals surface area contributed by atoms with Crippen molar-refractivity contribution in [3.63, 3.8) is 0 Å². The van der Waals surface area contributed by atoms with Gasteiger partial charge >= 0.3 is 0 Å². The molecule has 20 heavy (non-hydrogen) atoms. The van der Waals surface area contributed by atoms with E-state index in [2.05, 4.69) is 21.2 Å². The maximum Gasteiger partial charge on any atom is 0.255 e. The molecule has 0 aromatic heterocycles. The lowest BCUT2D eigenvalue weighted by molar-refractivity contribution is 0.0762. The summed E-state index contributed by atoms with van der Waals surface area (Å²) >= 11 is 9.57. The second-order valence-corrected chi connectivity index (χ2v) is 7.17. The number of halogens is 2. The first kappa shape index (κ1) is 14.4. The number of carbonyl (C=O) groups excluding carboxylic acids is 1. The van der Waals surface area contributed by atoms with E-state index < -0.39 is 0 Å². The molecule has 1 N–H and O–H groups in total. The highest BCUT2D eigenvalue weighted by molar-refractivity contribution is 9.10. The molecule has 108 valence electrons. The van der Waals surface area contributed by atoms with Crippen LogP contribution >= 0.6 is 27.5 Å². The van der Waals surface area contributed by atoms with E-state index in [1.54, 1.807) is 6.07 Å². The van der Waals surface area contributed by atoms with Crippen molar-refractivity contribution < 1.29 is 4.79 Å². The van der Waals surface area contributed by atoms with Crippen LogP contribution in [0.3, 0.4) is 0 Å². The third kappa shape index (κ3) is 2.74. The van der Waals surface area contributed by atoms with Gasteiger partial charge in [0.05, 0.1) is 10.6 Å². The number of rotatable bonds is 1. The zero-order valence-electron chi connectivity index (χ0n) is 11.3. The van der Waals surface area contributed by atoms with Gasteiger partial charge in [-0.3, -0.25) is 4.79 Å². The van der Waals surface area contributed by atoms with Crippen molar-refractivity contribution >= 4 is 33.4 Å². The van der Waals surface area contributed by atoms with Crippen LogP contribution in [0.5, 0.6) is 0 Å². The summed E-state index contributed by atoms with van der Waals surface area (Å²) in [5.41, 5.74) is 0.936. The number of hydrogen-bond acceptors (Lipinski definition) is 2. The van der Waals surface area contributed by atoms with Crippen LogP contribution in [0.1, 0.15) is 29.6 Å². The van der Waals surface area contributed by atoms with Gasteiger partial charge in [-0.1, -0.05) is 27.5 Å². The molecular formula is C15H18BrClN2O. The molecule has 0 radical (unpaired) electrons. The Hall–Kier alpha value is -0.580. The van der Waals surface area contributed by atoms with E-state index in [1.807, 2.05) is 17.0 Å². The molecule has 0 aliphatic carbocycles. The zero-order chi connectivity index (χ0) is 14.2. The third-order valence-electron chi connectivity index (χ3n) is 4.55. The SMILES string of the molecule is O=C(c1cc(Br)ccc1Cl)N1CCC2(CCNCC2)C1. The van der Waals surface area contributed by atoms with Crippen LogP contribution in [0, 0.1) is 5.41 Å². The van der Waals surface area contributed by atoms with Gasteiger partial charge in [0.15, 0.2) is 0 Å². The molecule has 3 nitrogen and oxygen atoms in total. The Bertz CT molecular complexity index is 529. The summed E-state index contributed by atoms with van der Waals surface area (Å²) in [6.45, 7) is 3.86. The Labute approximate surface area is 132 Å². The maximum absolute atomic E-state index is 12.7. The maximum atomic E-state index is 12.7. The smallest absolute Gasteiger partial charge is 0.255 e. The van der Waals surface area contributed by atoms with Gasteiger partial charge in [0.1, 0.15) is 0 Å². The molecule has 2 fully saturated rings. The van der Waals surface area contributed by atoms with E-state index in [0.29, 0.717) is 16.0 Å². The molecule has 0 atom stereocenters. The minimum atomic E-state index is 0.0618. The Balaban J connectivity index is 1.77. The van der Waals surface area contributed by atoms with Crippen molar-refractivity contribution in [2.75, 3.05) is 26.2 Å². The van der Waals surface area contributed by atoms with Crippen molar-refractivity contribution in [3.8, 4) is 0 Å². The van der Waals surface area contributed by atoms with E-state index in [9.17, 15) is 4.79 Å². The zero-order valence-corrected chi connectivity index (χ0v) is 13.6. The Morgan fingerprint density at radius 3 is 2.80 bits per heavy atom. The van der Waals surface area contributed by atoms with Crippen LogP contribution in [-0.4, -0.2) is 37.0 Å². The second-order valence-electron chi connectivity index (χ2n) is 5.85. The Morgan fingerprint density at radius 2 is 2.05 bits per heavy atom. The summed E-state index contributed by atoms with van der Waals surface area (Å²) in [6, 6.07) is 5.45. The van der Waals surface area contributed by atoms with Crippen LogP contribution in [0.4, 0.5) is 0 Å². The third-order valence-corrected chi connectivity index (χ3v) is 5.37. The van der Waals surface area contributed by atoms with Gasteiger partial charge in [-0.15, -0.1) is 0 Å². The molecule has 2 saturated heterocycles. The number of piperidine rings is 1. The van der Waals surface area contributed by atoms with Gasteiger partial charge in [-0.05, 0) is 56.0 Å². The molecule has 1 aromatic rings. The van der Waals surface area contributed by atoms with E-state index in [0.717, 1.165) is 37.1 Å². The van der Waals surface area contributed by atoms with Crippen molar-refractivity contribution in [1.82, 2.24) is 10.2 Å². The summed E-state index contributed by atoms with van der Waals surface area (Å²) in [7, 11) is 0. The van der Waals surface area contributed by atoms with Gasteiger partial charge in [-0.2, -0.15) is 0 Å². The number of hydrogen-bond donors (Lipinski definition) is 1. The summed E-state index contributed by atoms with van der Waals surface area (Å²) in [6.07, 6.45) is 3.46. The van der Waals surface area contributed by atoms with Gasteiger partial charge in [0.2, 0.25) is 0 Å². The van der Waals surface area contributed by atoms with Crippen LogP contribution in [-0.2, 0) is 0 Å². The van der Waals surface area contributed by atoms with Gasteiger partial charge in [0, 0.05) is 17.6 Å². The van der Waals surface area contributed by atoms with E-state index in [4.69, 9.17) is 11.6 Å². The highest BCUT2D eigenvalue weighted by Gasteiger charge is 2.40. The highest BCUT2D eigenvalue weighted by atomic mass is 79.9. The van der Waals surface area contributed by atoms with Crippen molar-refractivity contribution in [2.45, 2.75) is 19.3 Å². The summed E-state index contributed by atoms with van der Waals surface area (Å²) in [5.74, 6) is 0.0618. The minimum Gasteiger partial charge on any atom is -0.338 e. The fourth-order valence-electron chi connectivity index (χ4n) is 3.31. The van der Waals surface area contributed by atoms with E-state index in [-0.39, 0.29) is 5.91 Å². The molecule has 1 aromatic carbocycles. The van der Waals surface area contributed by atoms with E-state index in [1.165, 1.54) is 12.8 Å². The molecular weight excluding hydrogens is 340 g/mol. The lowest BCUT2D eigenvalue weighted by Gasteiger charge is -2.33. The first-order valence-corrected chi connectivity index (χ1v) is 8.22. The number of carbonyl (C=O) groups is 1. The molecule has 2 aliphatic heterocycles. The standard InChI is InChI=1S/C15H18BrClN2O/c16-11-1-2-13(17)12(9-11)14(20)19-8-5-15(10-19)3-6-18-7-4-15/h1-2,9,18H,3-8,10H2. The largest absolute Gasteiger partial charge is 0.338 e. The first-order valence-electron chi connectivity index (χ1n) is 7.05. The quantitative estimate of drug-likeness (QED) is 0.836. The predicted octanol–water partition coefficient (Wildman–Crippen LogP) is 3.32. The van der Waals surface area contributed by atoms with Crippen molar-refractivity contribution in [1.29, 1.82) is 0 Å². The Morgan fingerprint density at radius 1 is 1.30 bits per heavy atom. The second kappa shape index (κ2) is 5.66. The Kier molecular flexibility index (Phi) is 4.07. The molecule has 2 heterocycles. The summed E-state index contributed by atoms with van der Waals surface area (Å²) < 4.78 is 0.890. The molecule has 2 aliphatic rings. The molecule has 3 rings (SSSR count). The predicted molar refractivity (Wildman–Crippen MR) is 84.2 cm³/mol. The number of nitrogens with one attached hydrogen (secondary N) is 1. The number of benzene rings is 1. The van der Waals surface area contributed by atoms with Crippen LogP contribution in [0.15, 0.2) is 22.7 Å². The van der Waals surface area contributed by atoms with Gasteiger partial charge in [-0.25, -0.2) is 0 Å². The molecule has 0 bridgehead atoms. The number of nitrogens with zero attached hydrogens (tertiary/aromatic N) is 1. The van der Waals surface area contributed by atoms with Gasteiger partial charge < -0.3 is 10.2 Å². The first-order chi connectivity index (χ1) is 9.60. The molecule has 0 unspecified atom stereocenters. The topological polar surface area (TPSA) is 32.3 Å². The lowest BCUT2D eigenvalue weighted by Crippen LogP contribution is -2.39. The monoisotopic (exact) mass is 356 g/mol. The highest BCUT2D eigenvalue weighted by Crippen LogP contribution is 2.39. The average molecular weight is 358 g/mol. The van der Waals surface area contributed by atoms with Crippen LogP contribution < -0.4 is 5.32 Å². The minimum absolute atomic E-state index is 0.0618. The fraction of sp³-hybridized carbons (Fsp3) is 0.533. The van der Waals surface area contributed by atoms with E-state index >= 15 is 0 Å². The van der Waals surface area contributed by atoms with Gasteiger partial charge in [0.25, 0.3) is 5.91 Å². The summed E-state index contributed by atoms with van der Waals surface area (Å²) in [4.78, 5) is 14.6.